The molecule has 1 amide bonds. The van der Waals surface area contributed by atoms with Gasteiger partial charge in [-0.15, -0.1) is 0 Å². The van der Waals surface area contributed by atoms with Gasteiger partial charge in [-0.2, -0.15) is 0 Å². The number of carbonyl (C=O) groups excluding carboxylic acids is 1. The first kappa shape index (κ1) is 21.0. The average Bonchev–Trinajstić information content (AvgIpc) is 3.13. The highest BCUT2D eigenvalue weighted by Crippen LogP contribution is 2.62. The molecule has 3 fully saturated rings. The number of rotatable bonds is 7. The zero-order valence-corrected chi connectivity index (χ0v) is 18.3. The van der Waals surface area contributed by atoms with Crippen molar-refractivity contribution in [2.24, 2.45) is 16.3 Å². The molecular formula is C23H34N4O3. The van der Waals surface area contributed by atoms with Crippen LogP contribution in [0.4, 0.5) is 0 Å². The summed E-state index contributed by atoms with van der Waals surface area (Å²) in [5, 5.41) is 7.14. The zero-order valence-electron chi connectivity index (χ0n) is 18.3. The summed E-state index contributed by atoms with van der Waals surface area (Å²) >= 11 is 0. The Morgan fingerprint density at radius 1 is 1.30 bits per heavy atom. The van der Waals surface area contributed by atoms with Crippen molar-refractivity contribution in [3.8, 4) is 5.75 Å². The molecule has 164 valence electrons. The molecule has 0 bridgehead atoms. The van der Waals surface area contributed by atoms with Gasteiger partial charge in [-0.05, 0) is 43.4 Å². The van der Waals surface area contributed by atoms with Crippen LogP contribution in [0.2, 0.25) is 0 Å². The van der Waals surface area contributed by atoms with E-state index < -0.39 is 0 Å². The van der Waals surface area contributed by atoms with Gasteiger partial charge in [-0.1, -0.05) is 18.6 Å². The maximum atomic E-state index is 12.1. The Morgan fingerprint density at radius 2 is 2.07 bits per heavy atom. The number of hydrogen-bond acceptors (Lipinski definition) is 4. The molecule has 3 unspecified atom stereocenters. The van der Waals surface area contributed by atoms with Crippen LogP contribution in [-0.2, 0) is 16.0 Å². The third-order valence-corrected chi connectivity index (χ3v) is 7.06. The molecule has 4 rings (SSSR count). The van der Waals surface area contributed by atoms with Crippen LogP contribution in [0.15, 0.2) is 29.3 Å². The molecule has 3 aliphatic rings. The number of nitrogens with one attached hydrogen (secondary N) is 2. The molecule has 1 aromatic rings. The van der Waals surface area contributed by atoms with Gasteiger partial charge in [0.2, 0.25) is 5.91 Å². The molecule has 1 aliphatic heterocycles. The third kappa shape index (κ3) is 4.00. The van der Waals surface area contributed by atoms with E-state index in [9.17, 15) is 4.79 Å². The summed E-state index contributed by atoms with van der Waals surface area (Å²) in [6, 6.07) is 8.51. The lowest BCUT2D eigenvalue weighted by atomic mass is 9.46. The fourth-order valence-electron chi connectivity index (χ4n) is 5.16. The summed E-state index contributed by atoms with van der Waals surface area (Å²) in [6.45, 7) is 1.76. The van der Waals surface area contributed by atoms with Crippen molar-refractivity contribution < 1.29 is 14.3 Å². The fourth-order valence-corrected chi connectivity index (χ4v) is 5.16. The van der Waals surface area contributed by atoms with Gasteiger partial charge in [0.05, 0.1) is 13.2 Å². The molecular weight excluding hydrogens is 380 g/mol. The van der Waals surface area contributed by atoms with Crippen LogP contribution in [0.25, 0.3) is 0 Å². The number of likely N-dealkylation sites (N-methyl/N-ethyl adjacent to an activating group) is 1. The van der Waals surface area contributed by atoms with Gasteiger partial charge in [-0.3, -0.25) is 4.79 Å². The van der Waals surface area contributed by atoms with Gasteiger partial charge in [0.25, 0.3) is 0 Å². The molecule has 2 aliphatic carbocycles. The number of amides is 1. The predicted octanol–water partition coefficient (Wildman–Crippen LogP) is 1.82. The van der Waals surface area contributed by atoms with Crippen molar-refractivity contribution in [3.05, 3.63) is 29.8 Å². The van der Waals surface area contributed by atoms with Gasteiger partial charge in [-0.25, -0.2) is 4.99 Å². The third-order valence-electron chi connectivity index (χ3n) is 7.06. The normalized spacial score (nSPS) is 26.4. The molecule has 7 nitrogen and oxygen atoms in total. The van der Waals surface area contributed by atoms with E-state index in [1.807, 2.05) is 12.1 Å². The molecule has 1 saturated heterocycles. The molecule has 0 radical (unpaired) electrons. The number of nitrogens with zero attached hydrogens (tertiary/aromatic N) is 2. The number of ether oxygens (including phenoxy) is 2. The number of benzene rings is 1. The Labute approximate surface area is 179 Å². The molecule has 1 spiro atoms. The summed E-state index contributed by atoms with van der Waals surface area (Å²) in [5.74, 6) is 2.16. The smallest absolute Gasteiger partial charge is 0.243 e. The molecule has 0 aromatic heterocycles. The first-order valence-corrected chi connectivity index (χ1v) is 11.0. The maximum Gasteiger partial charge on any atom is 0.243 e. The van der Waals surface area contributed by atoms with Gasteiger partial charge < -0.3 is 25.0 Å². The summed E-state index contributed by atoms with van der Waals surface area (Å²) in [7, 11) is 5.20. The lowest BCUT2D eigenvalue weighted by Gasteiger charge is -2.63. The van der Waals surface area contributed by atoms with Crippen LogP contribution in [-0.4, -0.2) is 69.8 Å². The molecule has 7 heteroatoms. The van der Waals surface area contributed by atoms with E-state index in [-0.39, 0.29) is 17.9 Å². The minimum atomic E-state index is 0.000275. The van der Waals surface area contributed by atoms with Gasteiger partial charge in [0.1, 0.15) is 12.3 Å². The maximum absolute atomic E-state index is 12.1. The van der Waals surface area contributed by atoms with E-state index in [0.717, 1.165) is 37.7 Å². The van der Waals surface area contributed by atoms with Crippen molar-refractivity contribution in [1.29, 1.82) is 0 Å². The summed E-state index contributed by atoms with van der Waals surface area (Å²) in [4.78, 5) is 18.3. The Kier molecular flexibility index (Phi) is 6.18. The van der Waals surface area contributed by atoms with Gasteiger partial charge in [0.15, 0.2) is 5.96 Å². The molecule has 2 saturated carbocycles. The van der Waals surface area contributed by atoms with E-state index >= 15 is 0 Å². The topological polar surface area (TPSA) is 75.2 Å². The predicted molar refractivity (Wildman–Crippen MR) is 117 cm³/mol. The highest BCUT2D eigenvalue weighted by atomic mass is 16.5. The van der Waals surface area contributed by atoms with E-state index in [1.54, 1.807) is 26.1 Å². The summed E-state index contributed by atoms with van der Waals surface area (Å²) in [6.07, 6.45) is 6.12. The van der Waals surface area contributed by atoms with Crippen LogP contribution >= 0.6 is 0 Å². The van der Waals surface area contributed by atoms with Gasteiger partial charge in [0, 0.05) is 44.6 Å². The van der Waals surface area contributed by atoms with E-state index in [0.29, 0.717) is 18.1 Å². The Balaban J connectivity index is 1.39. The first-order chi connectivity index (χ1) is 14.5. The molecule has 2 N–H and O–H groups in total. The second-order valence-corrected chi connectivity index (χ2v) is 8.93. The summed E-state index contributed by atoms with van der Waals surface area (Å²) in [5.41, 5.74) is 1.50. The summed E-state index contributed by atoms with van der Waals surface area (Å²) < 4.78 is 11.3. The van der Waals surface area contributed by atoms with Crippen LogP contribution in [0.5, 0.6) is 5.75 Å². The Bertz CT molecular complexity index is 773. The van der Waals surface area contributed by atoms with Crippen molar-refractivity contribution in [1.82, 2.24) is 15.5 Å². The highest BCUT2D eigenvalue weighted by Gasteiger charge is 2.66. The monoisotopic (exact) mass is 414 g/mol. The number of hydrogen-bond donors (Lipinski definition) is 2. The Morgan fingerprint density at radius 3 is 2.70 bits per heavy atom. The SMILES string of the molecule is COc1ccc(CCNC(=NCC(=O)N(C)C)NC2C3CCOC3C23CCC3)cc1. The quantitative estimate of drug-likeness (QED) is 0.526. The number of fused-ring (bicyclic) bond motifs is 2. The second kappa shape index (κ2) is 8.84. The average molecular weight is 415 g/mol. The standard InChI is InChI=1S/C23H34N4O3/c1-27(2)19(28)15-25-22(24-13-9-16-5-7-17(29-3)8-6-16)26-20-18-10-14-30-21(18)23(20)11-4-12-23/h5-8,18,20-21H,4,9-15H2,1-3H3,(H2,24,25,26). The first-order valence-electron chi connectivity index (χ1n) is 11.0. The lowest BCUT2D eigenvalue weighted by molar-refractivity contribution is -0.171. The second-order valence-electron chi connectivity index (χ2n) is 8.93. The Hall–Kier alpha value is -2.28. The minimum absolute atomic E-state index is 0.000275. The van der Waals surface area contributed by atoms with E-state index in [2.05, 4.69) is 27.8 Å². The molecule has 1 heterocycles. The van der Waals surface area contributed by atoms with Crippen LogP contribution in [0.1, 0.15) is 31.2 Å². The zero-order chi connectivity index (χ0) is 21.1. The van der Waals surface area contributed by atoms with Crippen molar-refractivity contribution in [2.75, 3.05) is 40.9 Å². The number of aliphatic imine (C=N–C) groups is 1. The number of guanidine groups is 1. The van der Waals surface area contributed by atoms with Crippen molar-refractivity contribution >= 4 is 11.9 Å². The molecule has 30 heavy (non-hydrogen) atoms. The fraction of sp³-hybridized carbons (Fsp3) is 0.652. The molecule has 1 aromatic carbocycles. The largest absolute Gasteiger partial charge is 0.497 e. The van der Waals surface area contributed by atoms with E-state index in [1.165, 1.54) is 24.8 Å². The highest BCUT2D eigenvalue weighted by molar-refractivity contribution is 5.85. The number of methoxy groups -OCH3 is 1. The molecule has 3 atom stereocenters. The van der Waals surface area contributed by atoms with Crippen LogP contribution < -0.4 is 15.4 Å². The number of carbonyl (C=O) groups is 1. The van der Waals surface area contributed by atoms with Crippen molar-refractivity contribution in [3.63, 3.8) is 0 Å². The lowest BCUT2D eigenvalue weighted by Crippen LogP contribution is -2.72. The van der Waals surface area contributed by atoms with Crippen LogP contribution in [0.3, 0.4) is 0 Å². The van der Waals surface area contributed by atoms with E-state index in [4.69, 9.17) is 9.47 Å². The minimum Gasteiger partial charge on any atom is -0.497 e. The van der Waals surface area contributed by atoms with Crippen LogP contribution in [0, 0.1) is 11.3 Å². The van der Waals surface area contributed by atoms with Crippen molar-refractivity contribution in [2.45, 2.75) is 44.2 Å². The van der Waals surface area contributed by atoms with Gasteiger partial charge >= 0.3 is 0 Å².